The molecule has 5 nitrogen and oxygen atoms in total. The van der Waals surface area contributed by atoms with Gasteiger partial charge in [-0.15, -0.1) is 0 Å². The van der Waals surface area contributed by atoms with Crippen molar-refractivity contribution in [2.75, 3.05) is 43.9 Å². The summed E-state index contributed by atoms with van der Waals surface area (Å²) in [6.07, 6.45) is 0. The van der Waals surface area contributed by atoms with E-state index in [1.807, 2.05) is 19.2 Å². The van der Waals surface area contributed by atoms with Crippen LogP contribution in [0.4, 0.5) is 11.5 Å². The molecule has 21 heavy (non-hydrogen) atoms. The smallest absolute Gasteiger partial charge is 0.121 e. The first-order valence-corrected chi connectivity index (χ1v) is 7.45. The van der Waals surface area contributed by atoms with E-state index < -0.39 is 0 Å². The summed E-state index contributed by atoms with van der Waals surface area (Å²) in [6, 6.07) is 7.97. The van der Waals surface area contributed by atoms with Gasteiger partial charge in [-0.3, -0.25) is 4.68 Å². The Balaban J connectivity index is 1.86. The van der Waals surface area contributed by atoms with E-state index in [-0.39, 0.29) is 0 Å². The number of nitrogens with two attached hydrogens (primary N) is 1. The summed E-state index contributed by atoms with van der Waals surface area (Å²) < 4.78 is 1.66. The number of halogens is 1. The average molecular weight is 306 g/mol. The van der Waals surface area contributed by atoms with Crippen LogP contribution in [0.15, 0.2) is 24.3 Å². The molecule has 1 fully saturated rings. The molecule has 0 amide bonds. The van der Waals surface area contributed by atoms with Gasteiger partial charge in [0.25, 0.3) is 0 Å². The van der Waals surface area contributed by atoms with Crippen LogP contribution in [0, 0.1) is 0 Å². The molecule has 0 aliphatic carbocycles. The molecule has 2 N–H and O–H groups in total. The van der Waals surface area contributed by atoms with Gasteiger partial charge in [0.1, 0.15) is 5.82 Å². The first-order chi connectivity index (χ1) is 10.0. The van der Waals surface area contributed by atoms with E-state index in [0.29, 0.717) is 5.82 Å². The third-order valence-electron chi connectivity index (χ3n) is 4.00. The molecule has 3 rings (SSSR count). The van der Waals surface area contributed by atoms with Gasteiger partial charge >= 0.3 is 0 Å². The van der Waals surface area contributed by atoms with E-state index in [1.165, 1.54) is 0 Å². The zero-order valence-electron chi connectivity index (χ0n) is 12.4. The Hall–Kier alpha value is -1.72. The fraction of sp³-hybridized carbons (Fsp3) is 0.400. The SMILES string of the molecule is CN1CCN(c2ccc(-c3cc(N)n(C)n3)cc2Cl)CC1. The first kappa shape index (κ1) is 14.2. The summed E-state index contributed by atoms with van der Waals surface area (Å²) in [5.74, 6) is 0.643. The number of aryl methyl sites for hydroxylation is 1. The Morgan fingerprint density at radius 1 is 1.10 bits per heavy atom. The molecule has 6 heteroatoms. The van der Waals surface area contributed by atoms with Crippen molar-refractivity contribution in [3.05, 3.63) is 29.3 Å². The molecule has 2 heterocycles. The van der Waals surface area contributed by atoms with E-state index in [0.717, 1.165) is 48.1 Å². The van der Waals surface area contributed by atoms with Gasteiger partial charge < -0.3 is 15.5 Å². The highest BCUT2D eigenvalue weighted by Gasteiger charge is 2.17. The summed E-state index contributed by atoms with van der Waals surface area (Å²) >= 11 is 6.47. The molecule has 0 radical (unpaired) electrons. The number of benzene rings is 1. The van der Waals surface area contributed by atoms with Gasteiger partial charge in [0.2, 0.25) is 0 Å². The van der Waals surface area contributed by atoms with Gasteiger partial charge in [0, 0.05) is 44.9 Å². The highest BCUT2D eigenvalue weighted by atomic mass is 35.5. The fourth-order valence-corrected chi connectivity index (χ4v) is 2.89. The van der Waals surface area contributed by atoms with Crippen molar-refractivity contribution in [1.82, 2.24) is 14.7 Å². The van der Waals surface area contributed by atoms with Crippen molar-refractivity contribution in [1.29, 1.82) is 0 Å². The van der Waals surface area contributed by atoms with Crippen molar-refractivity contribution in [3.63, 3.8) is 0 Å². The molecule has 1 aromatic carbocycles. The van der Waals surface area contributed by atoms with Crippen LogP contribution >= 0.6 is 11.6 Å². The van der Waals surface area contributed by atoms with Crippen molar-refractivity contribution < 1.29 is 0 Å². The number of piperazine rings is 1. The number of aromatic nitrogens is 2. The predicted octanol–water partition coefficient (Wildman–Crippen LogP) is 2.07. The van der Waals surface area contributed by atoms with Gasteiger partial charge in [-0.25, -0.2) is 0 Å². The molecule has 0 atom stereocenters. The summed E-state index contributed by atoms with van der Waals surface area (Å²) in [5.41, 5.74) is 8.77. The summed E-state index contributed by atoms with van der Waals surface area (Å²) in [5, 5.41) is 5.15. The molecule has 0 bridgehead atoms. The van der Waals surface area contributed by atoms with Crippen LogP contribution in [0.1, 0.15) is 0 Å². The quantitative estimate of drug-likeness (QED) is 0.923. The van der Waals surface area contributed by atoms with Crippen molar-refractivity contribution in [2.45, 2.75) is 0 Å². The third-order valence-corrected chi connectivity index (χ3v) is 4.31. The van der Waals surface area contributed by atoms with Gasteiger partial charge in [0.15, 0.2) is 0 Å². The molecule has 1 aliphatic rings. The average Bonchev–Trinajstić information content (AvgIpc) is 2.80. The molecule has 112 valence electrons. The van der Waals surface area contributed by atoms with Gasteiger partial charge in [-0.05, 0) is 19.2 Å². The lowest BCUT2D eigenvalue weighted by atomic mass is 10.1. The maximum Gasteiger partial charge on any atom is 0.121 e. The zero-order valence-corrected chi connectivity index (χ0v) is 13.1. The number of likely N-dealkylation sites (N-methyl/N-ethyl adjacent to an activating group) is 1. The molecule has 0 saturated carbocycles. The van der Waals surface area contributed by atoms with E-state index in [1.54, 1.807) is 4.68 Å². The molecule has 2 aromatic rings. The van der Waals surface area contributed by atoms with Crippen LogP contribution < -0.4 is 10.6 Å². The lowest BCUT2D eigenvalue weighted by molar-refractivity contribution is 0.313. The molecule has 1 aromatic heterocycles. The van der Waals surface area contributed by atoms with Crippen LogP contribution in [0.2, 0.25) is 5.02 Å². The Morgan fingerprint density at radius 2 is 1.81 bits per heavy atom. The summed E-state index contributed by atoms with van der Waals surface area (Å²) in [6.45, 7) is 4.14. The van der Waals surface area contributed by atoms with E-state index in [2.05, 4.69) is 34.1 Å². The summed E-state index contributed by atoms with van der Waals surface area (Å²) in [4.78, 5) is 4.66. The maximum absolute atomic E-state index is 6.47. The topological polar surface area (TPSA) is 50.3 Å². The minimum absolute atomic E-state index is 0.643. The number of anilines is 2. The lowest BCUT2D eigenvalue weighted by Crippen LogP contribution is -2.44. The minimum atomic E-state index is 0.643. The number of nitrogens with zero attached hydrogens (tertiary/aromatic N) is 4. The number of hydrogen-bond acceptors (Lipinski definition) is 4. The second kappa shape index (κ2) is 5.58. The number of nitrogen functional groups attached to an aromatic ring is 1. The zero-order chi connectivity index (χ0) is 15.0. The van der Waals surface area contributed by atoms with Gasteiger partial charge in [-0.2, -0.15) is 5.10 Å². The Bertz CT molecular complexity index is 624. The fourth-order valence-electron chi connectivity index (χ4n) is 2.59. The standard InChI is InChI=1S/C15H20ClN5/c1-19-5-7-21(8-6-19)14-4-3-11(9-12(14)16)13-10-15(17)20(2)18-13/h3-4,9-10H,5-8,17H2,1-2H3. The normalized spacial score (nSPS) is 16.4. The number of hydrogen-bond donors (Lipinski definition) is 1. The molecule has 1 aliphatic heterocycles. The van der Waals surface area contributed by atoms with Crippen LogP contribution in [0.5, 0.6) is 0 Å². The van der Waals surface area contributed by atoms with E-state index in [4.69, 9.17) is 17.3 Å². The highest BCUT2D eigenvalue weighted by Crippen LogP contribution is 2.31. The highest BCUT2D eigenvalue weighted by molar-refractivity contribution is 6.33. The van der Waals surface area contributed by atoms with Crippen molar-refractivity contribution in [2.24, 2.45) is 7.05 Å². The second-order valence-electron chi connectivity index (χ2n) is 5.53. The lowest BCUT2D eigenvalue weighted by Gasteiger charge is -2.34. The minimum Gasteiger partial charge on any atom is -0.384 e. The Labute approximate surface area is 129 Å². The monoisotopic (exact) mass is 305 g/mol. The van der Waals surface area contributed by atoms with Crippen LogP contribution in [0.3, 0.4) is 0 Å². The summed E-state index contributed by atoms with van der Waals surface area (Å²) in [7, 11) is 3.98. The predicted molar refractivity (Wildman–Crippen MR) is 87.8 cm³/mol. The van der Waals surface area contributed by atoms with Crippen LogP contribution in [-0.4, -0.2) is 47.9 Å². The largest absolute Gasteiger partial charge is 0.384 e. The van der Waals surface area contributed by atoms with Crippen LogP contribution in [-0.2, 0) is 7.05 Å². The first-order valence-electron chi connectivity index (χ1n) is 7.07. The van der Waals surface area contributed by atoms with Gasteiger partial charge in [0.05, 0.1) is 16.4 Å². The molecule has 0 unspecified atom stereocenters. The molecule has 0 spiro atoms. The van der Waals surface area contributed by atoms with Crippen LogP contribution in [0.25, 0.3) is 11.3 Å². The molecule has 1 saturated heterocycles. The number of rotatable bonds is 2. The van der Waals surface area contributed by atoms with Crippen molar-refractivity contribution in [3.8, 4) is 11.3 Å². The molecular weight excluding hydrogens is 286 g/mol. The Morgan fingerprint density at radius 3 is 2.38 bits per heavy atom. The molecular formula is C15H20ClN5. The Kier molecular flexibility index (Phi) is 3.78. The third kappa shape index (κ3) is 2.84. The second-order valence-corrected chi connectivity index (χ2v) is 5.94. The van der Waals surface area contributed by atoms with E-state index >= 15 is 0 Å². The van der Waals surface area contributed by atoms with E-state index in [9.17, 15) is 0 Å². The van der Waals surface area contributed by atoms with Crippen molar-refractivity contribution >= 4 is 23.1 Å². The van der Waals surface area contributed by atoms with Gasteiger partial charge in [-0.1, -0.05) is 17.7 Å². The maximum atomic E-state index is 6.47.